The Morgan fingerprint density at radius 3 is 2.65 bits per heavy atom. The summed E-state index contributed by atoms with van der Waals surface area (Å²) in [4.78, 5) is 31.0. The molecule has 0 spiro atoms. The highest BCUT2D eigenvalue weighted by molar-refractivity contribution is 6.00. The quantitative estimate of drug-likeness (QED) is 0.670. The van der Waals surface area contributed by atoms with Crippen LogP contribution >= 0.6 is 0 Å². The van der Waals surface area contributed by atoms with Crippen molar-refractivity contribution in [3.8, 4) is 11.4 Å². The first kappa shape index (κ1) is 21.2. The van der Waals surface area contributed by atoms with E-state index in [2.05, 4.69) is 35.1 Å². The van der Waals surface area contributed by atoms with Gasteiger partial charge in [-0.2, -0.15) is 5.10 Å². The van der Waals surface area contributed by atoms with Crippen LogP contribution in [0.4, 0.5) is 5.69 Å². The van der Waals surface area contributed by atoms with Gasteiger partial charge in [-0.25, -0.2) is 0 Å². The molecule has 2 aromatic heterocycles. The normalized spacial score (nSPS) is 16.1. The van der Waals surface area contributed by atoms with Gasteiger partial charge in [0.15, 0.2) is 0 Å². The van der Waals surface area contributed by atoms with Crippen molar-refractivity contribution in [2.45, 2.75) is 53.0 Å². The number of hydrogen-bond donors (Lipinski definition) is 2. The summed E-state index contributed by atoms with van der Waals surface area (Å²) in [6, 6.07) is 7.50. The number of nitrogens with one attached hydrogen (secondary N) is 2. The standard InChI is InChI=1S/C24H31N5O2/c1-14(28(5)15(2)30)23(31)29(6)17-8-7-16-11-20(25-19(16)12-17)22-18-9-10-24(3,4)13-21(18)26-27-22/h7-8,11-12,14,25H,9-10,13H2,1-6H3,(H,26,27)/t14-/m0/s1. The minimum atomic E-state index is -0.530. The molecule has 7 nitrogen and oxygen atoms in total. The molecule has 0 radical (unpaired) electrons. The molecule has 31 heavy (non-hydrogen) atoms. The Bertz CT molecular complexity index is 1160. The van der Waals surface area contributed by atoms with Crippen LogP contribution in [0, 0.1) is 5.41 Å². The van der Waals surface area contributed by atoms with Crippen molar-refractivity contribution in [2.24, 2.45) is 5.41 Å². The number of fused-ring (bicyclic) bond motifs is 2. The molecule has 1 aliphatic rings. The lowest BCUT2D eigenvalue weighted by Gasteiger charge is -2.28. The number of nitrogens with zero attached hydrogens (tertiary/aromatic N) is 3. The molecule has 0 saturated carbocycles. The van der Waals surface area contributed by atoms with E-state index in [1.54, 1.807) is 25.9 Å². The van der Waals surface area contributed by atoms with Crippen LogP contribution in [0.1, 0.15) is 45.4 Å². The molecule has 1 atom stereocenters. The Morgan fingerprint density at radius 2 is 1.94 bits per heavy atom. The second-order valence-corrected chi connectivity index (χ2v) is 9.53. The predicted octanol–water partition coefficient (Wildman–Crippen LogP) is 3.90. The van der Waals surface area contributed by atoms with E-state index in [-0.39, 0.29) is 11.8 Å². The highest BCUT2D eigenvalue weighted by Crippen LogP contribution is 2.38. The summed E-state index contributed by atoms with van der Waals surface area (Å²) < 4.78 is 0. The second kappa shape index (κ2) is 7.55. The first-order valence-corrected chi connectivity index (χ1v) is 10.8. The number of amides is 2. The average molecular weight is 422 g/mol. The molecule has 0 unspecified atom stereocenters. The van der Waals surface area contributed by atoms with E-state index in [4.69, 9.17) is 0 Å². The van der Waals surface area contributed by atoms with E-state index in [0.717, 1.165) is 47.2 Å². The molecule has 7 heteroatoms. The number of aromatic amines is 2. The lowest BCUT2D eigenvalue weighted by Crippen LogP contribution is -2.46. The first-order valence-electron chi connectivity index (χ1n) is 10.8. The lowest BCUT2D eigenvalue weighted by atomic mass is 9.76. The Balaban J connectivity index is 1.62. The largest absolute Gasteiger partial charge is 0.353 e. The van der Waals surface area contributed by atoms with Gasteiger partial charge in [0.1, 0.15) is 11.7 Å². The molecular formula is C24H31N5O2. The van der Waals surface area contributed by atoms with Gasteiger partial charge in [-0.1, -0.05) is 19.9 Å². The van der Waals surface area contributed by atoms with Gasteiger partial charge in [-0.15, -0.1) is 0 Å². The van der Waals surface area contributed by atoms with Crippen LogP contribution in [-0.4, -0.2) is 52.0 Å². The number of hydrogen-bond acceptors (Lipinski definition) is 3. The van der Waals surface area contributed by atoms with Gasteiger partial charge >= 0.3 is 0 Å². The Hall–Kier alpha value is -3.09. The molecular weight excluding hydrogens is 390 g/mol. The second-order valence-electron chi connectivity index (χ2n) is 9.53. The van der Waals surface area contributed by atoms with Gasteiger partial charge in [-0.05, 0) is 49.8 Å². The van der Waals surface area contributed by atoms with Gasteiger partial charge in [0.2, 0.25) is 11.8 Å². The van der Waals surface area contributed by atoms with Crippen LogP contribution in [0.5, 0.6) is 0 Å². The SMILES string of the molecule is CC(=O)N(C)[C@@H](C)C(=O)N(C)c1ccc2cc(-c3n[nH]c4c3CCC(C)(C)C4)[nH]c2c1. The van der Waals surface area contributed by atoms with Crippen LogP contribution < -0.4 is 4.90 Å². The van der Waals surface area contributed by atoms with E-state index in [0.29, 0.717) is 5.41 Å². The van der Waals surface area contributed by atoms with E-state index in [1.165, 1.54) is 23.1 Å². The number of carbonyl (C=O) groups excluding carboxylic acids is 2. The molecule has 164 valence electrons. The zero-order valence-corrected chi connectivity index (χ0v) is 19.2. The topological polar surface area (TPSA) is 85.1 Å². The summed E-state index contributed by atoms with van der Waals surface area (Å²) in [5, 5.41) is 8.93. The molecule has 4 rings (SSSR count). The molecule has 1 aliphatic carbocycles. The zero-order valence-electron chi connectivity index (χ0n) is 19.2. The van der Waals surface area contributed by atoms with Gasteiger partial charge in [0, 0.05) is 48.9 Å². The van der Waals surface area contributed by atoms with Crippen LogP contribution in [0.15, 0.2) is 24.3 Å². The summed E-state index contributed by atoms with van der Waals surface area (Å²) in [5.41, 5.74) is 6.55. The van der Waals surface area contributed by atoms with E-state index < -0.39 is 6.04 Å². The molecule has 0 fully saturated rings. The van der Waals surface area contributed by atoms with Crippen molar-refractivity contribution in [3.63, 3.8) is 0 Å². The van der Waals surface area contributed by atoms with Gasteiger partial charge in [-0.3, -0.25) is 14.7 Å². The predicted molar refractivity (Wildman–Crippen MR) is 123 cm³/mol. The highest BCUT2D eigenvalue weighted by Gasteiger charge is 2.29. The van der Waals surface area contributed by atoms with Crippen LogP contribution in [0.3, 0.4) is 0 Å². The molecule has 2 N–H and O–H groups in total. The van der Waals surface area contributed by atoms with Gasteiger partial charge < -0.3 is 14.8 Å². The minimum Gasteiger partial charge on any atom is -0.353 e. The fourth-order valence-corrected chi connectivity index (χ4v) is 4.37. The van der Waals surface area contributed by atoms with E-state index in [1.807, 2.05) is 18.2 Å². The van der Waals surface area contributed by atoms with Gasteiger partial charge in [0.05, 0.1) is 5.69 Å². The average Bonchev–Trinajstić information content (AvgIpc) is 3.33. The zero-order chi connectivity index (χ0) is 22.5. The third-order valence-corrected chi connectivity index (χ3v) is 6.67. The summed E-state index contributed by atoms with van der Waals surface area (Å²) >= 11 is 0. The third kappa shape index (κ3) is 3.84. The van der Waals surface area contributed by atoms with Crippen LogP contribution in [-0.2, 0) is 22.4 Å². The maximum atomic E-state index is 12.8. The number of aromatic nitrogens is 3. The fraction of sp³-hybridized carbons (Fsp3) is 0.458. The summed E-state index contributed by atoms with van der Waals surface area (Å²) in [6.45, 7) is 7.81. The Kier molecular flexibility index (Phi) is 5.15. The number of benzene rings is 1. The van der Waals surface area contributed by atoms with Crippen molar-refractivity contribution < 1.29 is 9.59 Å². The fourth-order valence-electron chi connectivity index (χ4n) is 4.37. The number of carbonyl (C=O) groups is 2. The monoisotopic (exact) mass is 421 g/mol. The van der Waals surface area contributed by atoms with Crippen LogP contribution in [0.2, 0.25) is 0 Å². The van der Waals surface area contributed by atoms with E-state index in [9.17, 15) is 9.59 Å². The summed E-state index contributed by atoms with van der Waals surface area (Å²) in [6.07, 6.45) is 3.18. The van der Waals surface area contributed by atoms with Crippen molar-refractivity contribution >= 4 is 28.4 Å². The third-order valence-electron chi connectivity index (χ3n) is 6.67. The van der Waals surface area contributed by atoms with Gasteiger partial charge in [0.25, 0.3) is 0 Å². The van der Waals surface area contributed by atoms with Crippen molar-refractivity contribution in [1.29, 1.82) is 0 Å². The molecule has 3 aromatic rings. The highest BCUT2D eigenvalue weighted by atomic mass is 16.2. The summed E-state index contributed by atoms with van der Waals surface area (Å²) in [7, 11) is 3.38. The minimum absolute atomic E-state index is 0.132. The first-order chi connectivity index (χ1) is 14.6. The maximum absolute atomic E-state index is 12.8. The smallest absolute Gasteiger partial charge is 0.249 e. The molecule has 0 aliphatic heterocycles. The molecule has 2 amide bonds. The molecule has 0 saturated heterocycles. The molecule has 2 heterocycles. The van der Waals surface area contributed by atoms with Crippen LogP contribution in [0.25, 0.3) is 22.3 Å². The lowest BCUT2D eigenvalue weighted by molar-refractivity contribution is -0.135. The van der Waals surface area contributed by atoms with Crippen molar-refractivity contribution in [1.82, 2.24) is 20.1 Å². The summed E-state index contributed by atoms with van der Waals surface area (Å²) in [5.74, 6) is -0.266. The Labute approximate surface area is 182 Å². The number of anilines is 1. The van der Waals surface area contributed by atoms with E-state index >= 15 is 0 Å². The van der Waals surface area contributed by atoms with Crippen molar-refractivity contribution in [2.75, 3.05) is 19.0 Å². The molecule has 0 bridgehead atoms. The number of H-pyrrole nitrogens is 2. The Morgan fingerprint density at radius 1 is 1.19 bits per heavy atom. The van der Waals surface area contributed by atoms with Crippen molar-refractivity contribution in [3.05, 3.63) is 35.5 Å². The number of likely N-dealkylation sites (N-methyl/N-ethyl adjacent to an activating group) is 2. The molecule has 1 aromatic carbocycles. The maximum Gasteiger partial charge on any atom is 0.249 e. The number of rotatable bonds is 4.